The molecule has 63 heavy (non-hydrogen) atoms. The number of rotatable bonds is 15. The van der Waals surface area contributed by atoms with Gasteiger partial charge in [-0.3, -0.25) is 29.5 Å². The molecule has 4 aliphatic heterocycles. The van der Waals surface area contributed by atoms with E-state index in [2.05, 4.69) is 86.4 Å². The third kappa shape index (κ3) is 9.20. The molecule has 5 aromatic rings. The predicted octanol–water partition coefficient (Wildman–Crippen LogP) is 5.70. The van der Waals surface area contributed by atoms with Gasteiger partial charge in [0, 0.05) is 106 Å². The standard InChI is InChI=1S/C49H58FN9O4/c1-34-46(36-13-7-5-8-14-36)47-51-41(32-45(59(47)53-34)57-25-21-55(22-26-57)27-28-60)37-15-10-12-35(29-37)11-6-3-2-4-9-18-54-19-23-56(24-20-54)43-31-38(50)30-39-40(43)33-58(49(39)63)42-16-17-44(61)52-48(42)62/h5,7-8,10,12-15,29-32,42,60H,2-4,6,9,11,16-28,33H2,1H3,(H,52,61,62). The number of unbranched alkanes of at least 4 members (excludes halogenated alkanes) is 4. The Labute approximate surface area is 368 Å². The van der Waals surface area contributed by atoms with E-state index in [4.69, 9.17) is 10.1 Å². The molecule has 4 aliphatic rings. The van der Waals surface area contributed by atoms with Crippen LogP contribution in [-0.4, -0.2) is 130 Å². The van der Waals surface area contributed by atoms with Crippen molar-refractivity contribution < 1.29 is 23.9 Å². The van der Waals surface area contributed by atoms with E-state index in [9.17, 15) is 23.9 Å². The minimum absolute atomic E-state index is 0.173. The topological polar surface area (TPSA) is 130 Å². The second-order valence-electron chi connectivity index (χ2n) is 17.5. The summed E-state index contributed by atoms with van der Waals surface area (Å²) in [6.45, 7) is 10.9. The molecule has 2 aromatic heterocycles. The molecule has 6 heterocycles. The highest BCUT2D eigenvalue weighted by atomic mass is 19.1. The number of carbonyl (C=O) groups excluding carboxylic acids is 3. The number of aliphatic hydroxyl groups excluding tert-OH is 1. The van der Waals surface area contributed by atoms with Gasteiger partial charge < -0.3 is 19.8 Å². The number of carbonyl (C=O) groups is 3. The molecule has 0 aliphatic carbocycles. The molecule has 1 atom stereocenters. The Balaban J connectivity index is 0.768. The SMILES string of the molecule is Cc1nn2c(N3CCN(CCO)CC3)cc(-c3cccc(CCCCCCCN4CCN(c5cc(F)cc6c5CN(C5CCC(=O)NC5=O)C6=O)CC4)c3)nc2c1-c1ccccc1. The van der Waals surface area contributed by atoms with E-state index in [1.165, 1.54) is 41.9 Å². The number of benzene rings is 3. The van der Waals surface area contributed by atoms with Gasteiger partial charge in [0.25, 0.3) is 5.91 Å². The molecule has 2 N–H and O–H groups in total. The smallest absolute Gasteiger partial charge is 0.255 e. The third-order valence-electron chi connectivity index (χ3n) is 13.4. The van der Waals surface area contributed by atoms with Gasteiger partial charge >= 0.3 is 0 Å². The van der Waals surface area contributed by atoms with Crippen LogP contribution >= 0.6 is 0 Å². The molecule has 3 fully saturated rings. The van der Waals surface area contributed by atoms with Gasteiger partial charge in [-0.2, -0.15) is 9.61 Å². The Hall–Kier alpha value is -5.70. The van der Waals surface area contributed by atoms with Crippen LogP contribution in [0.15, 0.2) is 72.8 Å². The van der Waals surface area contributed by atoms with Gasteiger partial charge in [0.2, 0.25) is 11.8 Å². The van der Waals surface area contributed by atoms with E-state index in [0.717, 1.165) is 129 Å². The second kappa shape index (κ2) is 19.0. The zero-order valence-electron chi connectivity index (χ0n) is 36.3. The number of fused-ring (bicyclic) bond motifs is 2. The number of imide groups is 1. The van der Waals surface area contributed by atoms with Crippen LogP contribution in [0.1, 0.15) is 72.1 Å². The Morgan fingerprint density at radius 2 is 1.49 bits per heavy atom. The van der Waals surface area contributed by atoms with E-state index < -0.39 is 17.8 Å². The first kappa shape index (κ1) is 42.6. The number of aliphatic hydroxyl groups is 1. The number of anilines is 2. The number of hydrogen-bond donors (Lipinski definition) is 2. The summed E-state index contributed by atoms with van der Waals surface area (Å²) in [5.41, 5.74) is 9.17. The van der Waals surface area contributed by atoms with Crippen LogP contribution in [0.25, 0.3) is 28.0 Å². The van der Waals surface area contributed by atoms with Crippen molar-refractivity contribution in [3.8, 4) is 22.4 Å². The van der Waals surface area contributed by atoms with E-state index in [1.807, 2.05) is 10.6 Å². The highest BCUT2D eigenvalue weighted by molar-refractivity contribution is 6.06. The Kier molecular flexibility index (Phi) is 12.8. The number of aryl methyl sites for hydroxylation is 2. The molecule has 3 amide bonds. The lowest BCUT2D eigenvalue weighted by Crippen LogP contribution is -2.52. The zero-order chi connectivity index (χ0) is 43.5. The van der Waals surface area contributed by atoms with E-state index in [-0.39, 0.29) is 37.8 Å². The molecular weight excluding hydrogens is 798 g/mol. The summed E-state index contributed by atoms with van der Waals surface area (Å²) in [6, 6.07) is 23.5. The third-order valence-corrected chi connectivity index (χ3v) is 13.4. The van der Waals surface area contributed by atoms with Crippen LogP contribution < -0.4 is 15.1 Å². The van der Waals surface area contributed by atoms with Gasteiger partial charge in [0.1, 0.15) is 17.7 Å². The summed E-state index contributed by atoms with van der Waals surface area (Å²) in [7, 11) is 0. The summed E-state index contributed by atoms with van der Waals surface area (Å²) in [6.07, 6.45) is 7.26. The van der Waals surface area contributed by atoms with Crippen molar-refractivity contribution in [2.24, 2.45) is 0 Å². The van der Waals surface area contributed by atoms with Crippen molar-refractivity contribution in [1.82, 2.24) is 34.6 Å². The molecule has 3 saturated heterocycles. The molecular formula is C49H58FN9O4. The molecule has 0 spiro atoms. The lowest BCUT2D eigenvalue weighted by Gasteiger charge is -2.37. The van der Waals surface area contributed by atoms with Crippen LogP contribution in [-0.2, 0) is 22.6 Å². The maximum Gasteiger partial charge on any atom is 0.255 e. The van der Waals surface area contributed by atoms with Crippen molar-refractivity contribution in [3.63, 3.8) is 0 Å². The summed E-state index contributed by atoms with van der Waals surface area (Å²) in [4.78, 5) is 53.7. The molecule has 330 valence electrons. The molecule has 13 nitrogen and oxygen atoms in total. The number of amides is 3. The molecule has 0 radical (unpaired) electrons. The normalized spacial score (nSPS) is 18.7. The number of hydrogen-bond acceptors (Lipinski definition) is 10. The van der Waals surface area contributed by atoms with E-state index in [0.29, 0.717) is 12.1 Å². The first-order chi connectivity index (χ1) is 30.7. The first-order valence-electron chi connectivity index (χ1n) is 22.8. The fraction of sp³-hybridized carbons (Fsp3) is 0.449. The summed E-state index contributed by atoms with van der Waals surface area (Å²) in [5, 5.41) is 16.9. The average molecular weight is 856 g/mol. The number of halogens is 1. The van der Waals surface area contributed by atoms with Crippen molar-refractivity contribution in [1.29, 1.82) is 0 Å². The highest BCUT2D eigenvalue weighted by Gasteiger charge is 2.41. The predicted molar refractivity (Wildman–Crippen MR) is 242 cm³/mol. The number of nitrogens with zero attached hydrogens (tertiary/aromatic N) is 8. The monoisotopic (exact) mass is 855 g/mol. The number of aromatic nitrogens is 3. The van der Waals surface area contributed by atoms with Crippen LogP contribution in [0, 0.1) is 12.7 Å². The van der Waals surface area contributed by atoms with Gasteiger partial charge in [0.15, 0.2) is 5.65 Å². The minimum Gasteiger partial charge on any atom is -0.395 e. The highest BCUT2D eigenvalue weighted by Crippen LogP contribution is 2.36. The minimum atomic E-state index is -0.724. The second-order valence-corrected chi connectivity index (χ2v) is 17.5. The van der Waals surface area contributed by atoms with Gasteiger partial charge in [-0.25, -0.2) is 9.37 Å². The maximum atomic E-state index is 14.9. The van der Waals surface area contributed by atoms with E-state index >= 15 is 0 Å². The molecule has 1 unspecified atom stereocenters. The van der Waals surface area contributed by atoms with Crippen LogP contribution in [0.3, 0.4) is 0 Å². The molecule has 3 aromatic carbocycles. The van der Waals surface area contributed by atoms with Crippen LogP contribution in [0.2, 0.25) is 0 Å². The van der Waals surface area contributed by atoms with Crippen LogP contribution in [0.5, 0.6) is 0 Å². The van der Waals surface area contributed by atoms with Gasteiger partial charge in [0.05, 0.1) is 18.0 Å². The summed E-state index contributed by atoms with van der Waals surface area (Å²) in [5.74, 6) is -0.549. The van der Waals surface area contributed by atoms with Gasteiger partial charge in [-0.05, 0) is 68.5 Å². The first-order valence-corrected chi connectivity index (χ1v) is 22.8. The number of β-amino-alcohol motifs (C(OH)–C–C–N with tert-alkyl or cyclic N) is 1. The number of piperazine rings is 2. The Bertz CT molecular complexity index is 2460. The fourth-order valence-corrected chi connectivity index (χ4v) is 9.95. The maximum absolute atomic E-state index is 14.9. The molecule has 14 heteroatoms. The van der Waals surface area contributed by atoms with Crippen molar-refractivity contribution in [2.75, 3.05) is 81.9 Å². The van der Waals surface area contributed by atoms with Crippen molar-refractivity contribution in [2.45, 2.75) is 70.9 Å². The van der Waals surface area contributed by atoms with Crippen LogP contribution in [0.4, 0.5) is 15.9 Å². The van der Waals surface area contributed by atoms with Gasteiger partial charge in [-0.1, -0.05) is 67.8 Å². The van der Waals surface area contributed by atoms with Gasteiger partial charge in [-0.15, -0.1) is 0 Å². The van der Waals surface area contributed by atoms with Crippen molar-refractivity contribution >= 4 is 34.9 Å². The largest absolute Gasteiger partial charge is 0.395 e. The molecule has 0 saturated carbocycles. The molecule has 0 bridgehead atoms. The lowest BCUT2D eigenvalue weighted by atomic mass is 10.0. The summed E-state index contributed by atoms with van der Waals surface area (Å²) >= 11 is 0. The number of nitrogens with one attached hydrogen (secondary N) is 1. The quantitative estimate of drug-likeness (QED) is 0.100. The van der Waals surface area contributed by atoms with E-state index in [1.54, 1.807) is 0 Å². The average Bonchev–Trinajstić information content (AvgIpc) is 3.81. The molecule has 9 rings (SSSR count). The fourth-order valence-electron chi connectivity index (χ4n) is 9.95. The zero-order valence-corrected chi connectivity index (χ0v) is 36.3. The Morgan fingerprint density at radius 3 is 2.25 bits per heavy atom. The Morgan fingerprint density at radius 1 is 0.778 bits per heavy atom. The lowest BCUT2D eigenvalue weighted by molar-refractivity contribution is -0.136. The summed E-state index contributed by atoms with van der Waals surface area (Å²) < 4.78 is 16.9. The number of piperidine rings is 1. The van der Waals surface area contributed by atoms with Crippen molar-refractivity contribution in [3.05, 3.63) is 101 Å².